The molecule has 0 saturated carbocycles. The second kappa shape index (κ2) is 22.5. The Hall–Kier alpha value is 1.21. The number of rotatable bonds is 14. The molecule has 0 spiro atoms. The first-order chi connectivity index (χ1) is 8.85. The van der Waals surface area contributed by atoms with Crippen molar-refractivity contribution in [1.29, 1.82) is 0 Å². The van der Waals surface area contributed by atoms with Gasteiger partial charge in [0.15, 0.2) is 0 Å². The van der Waals surface area contributed by atoms with E-state index in [2.05, 4.69) is 24.2 Å². The van der Waals surface area contributed by atoms with Crippen LogP contribution >= 0.6 is 24.8 Å². The van der Waals surface area contributed by atoms with Crippen molar-refractivity contribution in [1.82, 2.24) is 3.38 Å². The molecule has 0 rings (SSSR count). The molecule has 0 aliphatic carbocycles. The van der Waals surface area contributed by atoms with E-state index >= 15 is 0 Å². The molecule has 0 heterocycles. The summed E-state index contributed by atoms with van der Waals surface area (Å²) in [6.45, 7) is 10.3. The summed E-state index contributed by atoms with van der Waals surface area (Å²) in [6.07, 6.45) is 12.1. The van der Waals surface area contributed by atoms with Crippen molar-refractivity contribution < 1.29 is 23.1 Å². The molecule has 0 bridgehead atoms. The van der Waals surface area contributed by atoms with Gasteiger partial charge >= 0.3 is 125 Å². The van der Waals surface area contributed by atoms with E-state index in [0.717, 1.165) is 13.0 Å². The maximum Gasteiger partial charge on any atom is -0.147 e. The molecule has 0 aromatic carbocycles. The first kappa shape index (κ1) is 26.1. The molecular formula is C15H35Cl2NOTi. The van der Waals surface area contributed by atoms with Gasteiger partial charge in [-0.1, -0.05) is 0 Å². The Balaban J connectivity index is -0.00000144. The molecule has 0 radical (unpaired) electrons. The Kier molecular flexibility index (Phi) is 29.4. The molecule has 124 valence electrons. The molecule has 2 nitrogen and oxygen atoms in total. The smallest absolute Gasteiger partial charge is 0.147 e. The van der Waals surface area contributed by atoms with Crippen molar-refractivity contribution in [3.05, 3.63) is 0 Å². The third-order valence-electron chi connectivity index (χ3n) is 3.06. The van der Waals surface area contributed by atoms with Gasteiger partial charge in [-0.05, 0) is 0 Å². The molecule has 0 aromatic heterocycles. The molecule has 0 fully saturated rings. The molecule has 0 aliphatic heterocycles. The average Bonchev–Trinajstić information content (AvgIpc) is 2.39. The van der Waals surface area contributed by atoms with E-state index < -0.39 is 0 Å². The topological polar surface area (TPSA) is 12.5 Å². The maximum atomic E-state index is 5.81. The van der Waals surface area contributed by atoms with E-state index in [1.54, 1.807) is 0 Å². The van der Waals surface area contributed by atoms with Crippen LogP contribution in [0.1, 0.15) is 78.6 Å². The predicted molar refractivity (Wildman–Crippen MR) is 90.6 cm³/mol. The zero-order valence-corrected chi connectivity index (χ0v) is 16.9. The average molecular weight is 364 g/mol. The quantitative estimate of drug-likeness (QED) is 0.293. The van der Waals surface area contributed by atoms with Crippen LogP contribution in [0.15, 0.2) is 0 Å². The van der Waals surface area contributed by atoms with Crippen molar-refractivity contribution >= 4 is 24.8 Å². The van der Waals surface area contributed by atoms with Crippen molar-refractivity contribution in [3.63, 3.8) is 0 Å². The predicted octanol–water partition coefficient (Wildman–Crippen LogP) is 5.63. The third kappa shape index (κ3) is 19.2. The molecule has 0 amide bonds. The van der Waals surface area contributed by atoms with Crippen LogP contribution in [0, 0.1) is 0 Å². The summed E-state index contributed by atoms with van der Waals surface area (Å²) in [6, 6.07) is 0. The van der Waals surface area contributed by atoms with E-state index in [1.165, 1.54) is 64.5 Å². The Bertz CT molecular complexity index is 153. The summed E-state index contributed by atoms with van der Waals surface area (Å²) in [5.74, 6) is 0. The van der Waals surface area contributed by atoms with Crippen LogP contribution in [-0.4, -0.2) is 23.1 Å². The van der Waals surface area contributed by atoms with Crippen molar-refractivity contribution in [3.8, 4) is 0 Å². The van der Waals surface area contributed by atoms with Gasteiger partial charge in [-0.25, -0.2) is 0 Å². The van der Waals surface area contributed by atoms with E-state index in [1.807, 2.05) is 0 Å². The Morgan fingerprint density at radius 1 is 0.700 bits per heavy atom. The van der Waals surface area contributed by atoms with Gasteiger partial charge < -0.3 is 0 Å². The number of unbranched alkanes of at least 4 members (excludes halogenated alkanes) is 6. The monoisotopic (exact) mass is 363 g/mol. The maximum absolute atomic E-state index is 5.81. The number of hydrogen-bond donors (Lipinski definition) is 0. The van der Waals surface area contributed by atoms with Gasteiger partial charge in [0.2, 0.25) is 0 Å². The summed E-state index contributed by atoms with van der Waals surface area (Å²) in [5.41, 5.74) is 0. The number of hydrogen-bond acceptors (Lipinski definition) is 2. The molecule has 0 aliphatic rings. The van der Waals surface area contributed by atoms with Crippen LogP contribution in [0.5, 0.6) is 0 Å². The first-order valence-electron chi connectivity index (χ1n) is 7.97. The summed E-state index contributed by atoms with van der Waals surface area (Å²) in [4.78, 5) is 0. The van der Waals surface area contributed by atoms with E-state index in [-0.39, 0.29) is 44.6 Å². The minimum atomic E-state index is -0.295. The SMILES string of the molecule is CCCCCC[N](CCCCCC)[Ti][O]CCC.Cl.Cl. The van der Waals surface area contributed by atoms with Gasteiger partial charge in [0.25, 0.3) is 0 Å². The van der Waals surface area contributed by atoms with Gasteiger partial charge in [-0.15, -0.1) is 24.8 Å². The fourth-order valence-electron chi connectivity index (χ4n) is 1.90. The molecular weight excluding hydrogens is 329 g/mol. The normalized spacial score (nSPS) is 10.0. The third-order valence-corrected chi connectivity index (χ3v) is 4.68. The molecule has 0 N–H and O–H groups in total. The minimum Gasteiger partial charge on any atom is -0.147 e. The Morgan fingerprint density at radius 3 is 1.60 bits per heavy atom. The first-order valence-corrected chi connectivity index (χ1v) is 9.31. The molecule has 0 unspecified atom stereocenters. The van der Waals surface area contributed by atoms with Crippen molar-refractivity contribution in [2.75, 3.05) is 19.7 Å². The molecule has 0 aromatic rings. The Morgan fingerprint density at radius 2 is 1.20 bits per heavy atom. The van der Waals surface area contributed by atoms with E-state index in [9.17, 15) is 0 Å². The van der Waals surface area contributed by atoms with Crippen LogP contribution < -0.4 is 0 Å². The Labute approximate surface area is 149 Å². The molecule has 0 atom stereocenters. The van der Waals surface area contributed by atoms with E-state index in [0.29, 0.717) is 0 Å². The summed E-state index contributed by atoms with van der Waals surface area (Å²) in [5, 5.41) is 0. The van der Waals surface area contributed by atoms with Gasteiger partial charge in [-0.3, -0.25) is 0 Å². The van der Waals surface area contributed by atoms with Crippen LogP contribution in [0.3, 0.4) is 0 Å². The van der Waals surface area contributed by atoms with Gasteiger partial charge in [-0.2, -0.15) is 0 Å². The molecule has 20 heavy (non-hydrogen) atoms. The van der Waals surface area contributed by atoms with Crippen molar-refractivity contribution in [2.45, 2.75) is 78.6 Å². The molecule has 0 saturated heterocycles. The van der Waals surface area contributed by atoms with E-state index in [4.69, 9.17) is 3.32 Å². The summed E-state index contributed by atoms with van der Waals surface area (Å²) < 4.78 is 8.44. The van der Waals surface area contributed by atoms with Crippen LogP contribution in [0.4, 0.5) is 0 Å². The van der Waals surface area contributed by atoms with Crippen LogP contribution in [0.2, 0.25) is 0 Å². The summed E-state index contributed by atoms with van der Waals surface area (Å²) >= 11 is -0.295. The summed E-state index contributed by atoms with van der Waals surface area (Å²) in [7, 11) is 0. The number of halogens is 2. The van der Waals surface area contributed by atoms with Gasteiger partial charge in [0, 0.05) is 0 Å². The zero-order chi connectivity index (χ0) is 13.5. The van der Waals surface area contributed by atoms with Crippen LogP contribution in [0.25, 0.3) is 0 Å². The fourth-order valence-corrected chi connectivity index (χ4v) is 3.43. The minimum absolute atomic E-state index is 0. The fraction of sp³-hybridized carbons (Fsp3) is 1.00. The second-order valence-corrected chi connectivity index (χ2v) is 6.77. The number of nitrogens with zero attached hydrogens (tertiary/aromatic N) is 1. The van der Waals surface area contributed by atoms with Crippen LogP contribution in [-0.2, 0) is 23.1 Å². The van der Waals surface area contributed by atoms with Gasteiger partial charge in [0.1, 0.15) is 0 Å². The largest absolute Gasteiger partial charge is 0.147 e. The standard InChI is InChI=1S/C12H26N.C3H7O.2ClH.Ti/c1-3-5-7-9-11-13-12-10-8-6-4-2;1-2-3-4;;;/h3-12H2,1-2H3;2-3H2,1H3;2*1H;/q2*-1;;;+2. The van der Waals surface area contributed by atoms with Gasteiger partial charge in [0.05, 0.1) is 0 Å². The van der Waals surface area contributed by atoms with Crippen molar-refractivity contribution in [2.24, 2.45) is 0 Å². The molecule has 5 heteroatoms. The zero-order valence-electron chi connectivity index (χ0n) is 13.7. The second-order valence-electron chi connectivity index (χ2n) is 5.05.